The maximum atomic E-state index is 12.3. The Bertz CT molecular complexity index is 1430. The van der Waals surface area contributed by atoms with Gasteiger partial charge in [0, 0.05) is 10.9 Å². The average molecular weight is 466 g/mol. The molecule has 0 fully saturated rings. The number of aryl methyl sites for hydroxylation is 2. The van der Waals surface area contributed by atoms with Crippen molar-refractivity contribution in [2.75, 3.05) is 11.1 Å². The monoisotopic (exact) mass is 465 g/mol. The molecule has 1 aliphatic rings. The third-order valence-electron chi connectivity index (χ3n) is 5.99. The molecule has 0 amide bonds. The zero-order valence-electron chi connectivity index (χ0n) is 17.6. The predicted octanol–water partition coefficient (Wildman–Crippen LogP) is 5.48. The Morgan fingerprint density at radius 3 is 2.69 bits per heavy atom. The highest BCUT2D eigenvalue weighted by atomic mass is 32.2. The fourth-order valence-electron chi connectivity index (χ4n) is 4.19. The van der Waals surface area contributed by atoms with Gasteiger partial charge < -0.3 is 10.4 Å². The largest absolute Gasteiger partial charge is 0.506 e. The van der Waals surface area contributed by atoms with E-state index in [9.17, 15) is 13.5 Å². The molecule has 32 heavy (non-hydrogen) atoms. The summed E-state index contributed by atoms with van der Waals surface area (Å²) in [6, 6.07) is 10.9. The van der Waals surface area contributed by atoms with Crippen molar-refractivity contribution < 1.29 is 13.5 Å². The van der Waals surface area contributed by atoms with Gasteiger partial charge in [0.1, 0.15) is 22.7 Å². The van der Waals surface area contributed by atoms with E-state index in [1.54, 1.807) is 6.92 Å². The highest BCUT2D eigenvalue weighted by molar-refractivity contribution is 7.91. The van der Waals surface area contributed by atoms with Gasteiger partial charge in [0.05, 0.1) is 21.7 Å². The van der Waals surface area contributed by atoms with Gasteiger partial charge in [0.15, 0.2) is 9.84 Å². The number of benzene rings is 2. The molecular formula is C24H23N3O3S2. The summed E-state index contributed by atoms with van der Waals surface area (Å²) in [5, 5.41) is 16.5. The first kappa shape index (κ1) is 20.9. The number of hydrogen-bond acceptors (Lipinski definition) is 7. The van der Waals surface area contributed by atoms with Crippen LogP contribution in [0.1, 0.15) is 30.9 Å². The lowest BCUT2D eigenvalue weighted by Gasteiger charge is -2.17. The van der Waals surface area contributed by atoms with Gasteiger partial charge in [-0.2, -0.15) is 0 Å². The zero-order chi connectivity index (χ0) is 22.3. The lowest BCUT2D eigenvalue weighted by Crippen LogP contribution is -2.04. The molecule has 5 rings (SSSR count). The van der Waals surface area contributed by atoms with Gasteiger partial charge in [0.2, 0.25) is 0 Å². The number of rotatable bonds is 5. The van der Waals surface area contributed by atoms with Crippen LogP contribution in [0.2, 0.25) is 0 Å². The van der Waals surface area contributed by atoms with Crippen LogP contribution in [0.25, 0.3) is 21.3 Å². The summed E-state index contributed by atoms with van der Waals surface area (Å²) in [5.41, 5.74) is 5.25. The minimum atomic E-state index is -3.40. The molecule has 0 unspecified atom stereocenters. The Balaban J connectivity index is 1.60. The van der Waals surface area contributed by atoms with Crippen LogP contribution in [0.5, 0.6) is 5.75 Å². The summed E-state index contributed by atoms with van der Waals surface area (Å²) in [5.74, 6) is 0.477. The first-order valence-corrected chi connectivity index (χ1v) is 13.2. The Labute approximate surface area is 190 Å². The highest BCUT2D eigenvalue weighted by Gasteiger charge is 2.18. The second kappa shape index (κ2) is 8.18. The van der Waals surface area contributed by atoms with Crippen molar-refractivity contribution in [3.05, 3.63) is 59.2 Å². The Morgan fingerprint density at radius 2 is 1.88 bits per heavy atom. The zero-order valence-corrected chi connectivity index (χ0v) is 19.3. The fourth-order valence-corrected chi connectivity index (χ4v) is 6.01. The standard InChI is InChI=1S/C24H23N3O3S2/c1-2-32(29,30)18-9-10-21(28)20(12-18)27-23-22-19(13-31-24(22)26-14-25-23)17-8-7-15-5-3-4-6-16(15)11-17/h7-14,28H,2-6H2,1H3,(H,25,26,27). The number of phenolic OH excluding ortho intramolecular Hbond substituents is 1. The van der Waals surface area contributed by atoms with Crippen molar-refractivity contribution in [2.45, 2.75) is 37.5 Å². The third-order valence-corrected chi connectivity index (χ3v) is 8.61. The van der Waals surface area contributed by atoms with Gasteiger partial charge in [-0.15, -0.1) is 11.3 Å². The molecule has 0 spiro atoms. The minimum absolute atomic E-state index is 0.0119. The van der Waals surface area contributed by atoms with Crippen LogP contribution in [0.15, 0.2) is 53.0 Å². The fraction of sp³-hybridized carbons (Fsp3) is 0.250. The Kier molecular flexibility index (Phi) is 5.35. The van der Waals surface area contributed by atoms with E-state index < -0.39 is 9.84 Å². The van der Waals surface area contributed by atoms with Crippen LogP contribution in [0, 0.1) is 0 Å². The van der Waals surface area contributed by atoms with E-state index in [1.807, 2.05) is 0 Å². The van der Waals surface area contributed by atoms with Gasteiger partial charge in [-0.1, -0.05) is 25.1 Å². The molecule has 1 aliphatic carbocycles. The van der Waals surface area contributed by atoms with Crippen molar-refractivity contribution in [1.29, 1.82) is 0 Å². The number of hydrogen-bond donors (Lipinski definition) is 2. The lowest BCUT2D eigenvalue weighted by molar-refractivity contribution is 0.477. The topological polar surface area (TPSA) is 92.2 Å². The number of aromatic hydroxyl groups is 1. The molecule has 8 heteroatoms. The normalized spacial score (nSPS) is 13.8. The molecule has 0 saturated carbocycles. The average Bonchev–Trinajstić information content (AvgIpc) is 3.25. The van der Waals surface area contributed by atoms with Crippen molar-refractivity contribution in [3.8, 4) is 16.9 Å². The molecule has 4 aromatic rings. The maximum Gasteiger partial charge on any atom is 0.178 e. The lowest BCUT2D eigenvalue weighted by atomic mass is 9.89. The molecule has 0 radical (unpaired) electrons. The van der Waals surface area contributed by atoms with E-state index in [4.69, 9.17) is 0 Å². The van der Waals surface area contributed by atoms with Gasteiger partial charge in [-0.25, -0.2) is 18.4 Å². The van der Waals surface area contributed by atoms with E-state index in [0.717, 1.165) is 34.2 Å². The summed E-state index contributed by atoms with van der Waals surface area (Å²) in [7, 11) is -3.40. The molecule has 164 valence electrons. The van der Waals surface area contributed by atoms with Gasteiger partial charge >= 0.3 is 0 Å². The molecule has 0 atom stereocenters. The molecule has 2 N–H and O–H groups in total. The van der Waals surface area contributed by atoms with Crippen LogP contribution in [-0.4, -0.2) is 29.2 Å². The molecule has 0 bridgehead atoms. The molecular weight excluding hydrogens is 442 g/mol. The Hall–Kier alpha value is -2.97. The maximum absolute atomic E-state index is 12.3. The number of fused-ring (bicyclic) bond motifs is 2. The van der Waals surface area contributed by atoms with Crippen LogP contribution in [0.4, 0.5) is 11.5 Å². The van der Waals surface area contributed by atoms with Crippen LogP contribution >= 0.6 is 11.3 Å². The second-order valence-corrected chi connectivity index (χ2v) is 11.1. The summed E-state index contributed by atoms with van der Waals surface area (Å²) in [6.45, 7) is 1.60. The van der Waals surface area contributed by atoms with Crippen LogP contribution < -0.4 is 5.32 Å². The van der Waals surface area contributed by atoms with E-state index in [2.05, 4.69) is 38.9 Å². The van der Waals surface area contributed by atoms with Crippen molar-refractivity contribution >= 4 is 42.9 Å². The SMILES string of the molecule is CCS(=O)(=O)c1ccc(O)c(Nc2ncnc3scc(-c4ccc5c(c4)CCCC5)c23)c1. The van der Waals surface area contributed by atoms with Gasteiger partial charge in [0.25, 0.3) is 0 Å². The second-order valence-electron chi connectivity index (χ2n) is 7.95. The smallest absolute Gasteiger partial charge is 0.178 e. The quantitative estimate of drug-likeness (QED) is 0.379. The minimum Gasteiger partial charge on any atom is -0.506 e. The first-order chi connectivity index (χ1) is 15.5. The van der Waals surface area contributed by atoms with Crippen molar-refractivity contribution in [3.63, 3.8) is 0 Å². The molecule has 6 nitrogen and oxygen atoms in total. The van der Waals surface area contributed by atoms with E-state index in [-0.39, 0.29) is 16.4 Å². The third kappa shape index (κ3) is 3.73. The van der Waals surface area contributed by atoms with Crippen molar-refractivity contribution in [2.24, 2.45) is 0 Å². The molecule has 2 aromatic carbocycles. The summed E-state index contributed by atoms with van der Waals surface area (Å²) in [4.78, 5) is 9.83. The molecule has 0 saturated heterocycles. The van der Waals surface area contributed by atoms with Gasteiger partial charge in [-0.3, -0.25) is 0 Å². The Morgan fingerprint density at radius 1 is 1.06 bits per heavy atom. The summed E-state index contributed by atoms with van der Waals surface area (Å²) >= 11 is 1.54. The highest BCUT2D eigenvalue weighted by Crippen LogP contribution is 2.40. The number of aromatic nitrogens is 2. The number of phenols is 1. The van der Waals surface area contributed by atoms with Crippen LogP contribution in [0.3, 0.4) is 0 Å². The van der Waals surface area contributed by atoms with E-state index in [1.165, 1.54) is 59.8 Å². The number of thiophene rings is 1. The summed E-state index contributed by atoms with van der Waals surface area (Å²) in [6.07, 6.45) is 6.16. The number of nitrogens with one attached hydrogen (secondary N) is 1. The van der Waals surface area contributed by atoms with Gasteiger partial charge in [-0.05, 0) is 60.6 Å². The predicted molar refractivity (Wildman–Crippen MR) is 129 cm³/mol. The number of nitrogens with zero attached hydrogens (tertiary/aromatic N) is 2. The van der Waals surface area contributed by atoms with E-state index >= 15 is 0 Å². The van der Waals surface area contributed by atoms with Crippen LogP contribution in [-0.2, 0) is 22.7 Å². The molecule has 0 aliphatic heterocycles. The van der Waals surface area contributed by atoms with Crippen molar-refractivity contribution in [1.82, 2.24) is 9.97 Å². The molecule has 2 aromatic heterocycles. The first-order valence-electron chi connectivity index (χ1n) is 10.6. The molecule has 2 heterocycles. The number of sulfone groups is 1. The summed E-state index contributed by atoms with van der Waals surface area (Å²) < 4.78 is 24.6. The number of anilines is 2. The van der Waals surface area contributed by atoms with E-state index in [0.29, 0.717) is 11.5 Å².